The summed E-state index contributed by atoms with van der Waals surface area (Å²) in [5.74, 6) is -2.32. The maximum absolute atomic E-state index is 11.9. The molecule has 0 aromatic heterocycles. The van der Waals surface area contributed by atoms with Crippen molar-refractivity contribution >= 4 is 23.7 Å². The van der Waals surface area contributed by atoms with Gasteiger partial charge in [-0.1, -0.05) is 0 Å². The molecule has 0 radical (unpaired) electrons. The molecule has 8 heteroatoms. The topological polar surface area (TPSA) is 125 Å². The number of carboxylic acids is 1. The van der Waals surface area contributed by atoms with E-state index in [0.717, 1.165) is 0 Å². The van der Waals surface area contributed by atoms with E-state index in [-0.39, 0.29) is 12.5 Å². The second-order valence-electron chi connectivity index (χ2n) is 5.38. The van der Waals surface area contributed by atoms with Gasteiger partial charge in [0, 0.05) is 6.92 Å². The summed E-state index contributed by atoms with van der Waals surface area (Å²) in [6.45, 7) is 1.03. The van der Waals surface area contributed by atoms with Crippen molar-refractivity contribution < 1.29 is 24.3 Å². The predicted octanol–water partition coefficient (Wildman–Crippen LogP) is -1.50. The number of amides is 3. The molecular weight excluding hydrogens is 266 g/mol. The van der Waals surface area contributed by atoms with Gasteiger partial charge < -0.3 is 21.1 Å². The van der Waals surface area contributed by atoms with Crippen molar-refractivity contribution in [3.63, 3.8) is 0 Å². The van der Waals surface area contributed by atoms with Crippen LogP contribution in [0.25, 0.3) is 0 Å². The molecule has 0 aromatic rings. The second kappa shape index (κ2) is 4.77. The molecule has 0 heterocycles. The fourth-order valence-corrected chi connectivity index (χ4v) is 2.03. The van der Waals surface area contributed by atoms with Gasteiger partial charge >= 0.3 is 5.97 Å². The normalized spacial score (nSPS) is 20.4. The zero-order chi connectivity index (χ0) is 15.0. The summed E-state index contributed by atoms with van der Waals surface area (Å²) in [7, 11) is 0. The van der Waals surface area contributed by atoms with Crippen LogP contribution in [0.15, 0.2) is 0 Å². The fraction of sp³-hybridized carbons (Fsp3) is 0.667. The van der Waals surface area contributed by atoms with Crippen LogP contribution in [0, 0.1) is 0 Å². The van der Waals surface area contributed by atoms with E-state index in [4.69, 9.17) is 5.11 Å². The monoisotopic (exact) mass is 283 g/mol. The molecule has 0 atom stereocenters. The van der Waals surface area contributed by atoms with E-state index in [1.165, 1.54) is 6.92 Å². The standard InChI is InChI=1S/C12H17N3O5/c1-7(16)14-11(2-3-11)9(18)13-6-8(17)15-12(4-5-12)10(19)20/h2-6H2,1H3,(H,13,18)(H,14,16)(H,15,17)(H,19,20). The molecule has 0 saturated heterocycles. The average Bonchev–Trinajstić information content (AvgIpc) is 3.22. The molecule has 2 fully saturated rings. The smallest absolute Gasteiger partial charge is 0.329 e. The van der Waals surface area contributed by atoms with Crippen LogP contribution in [0.3, 0.4) is 0 Å². The third-order valence-corrected chi connectivity index (χ3v) is 3.55. The highest BCUT2D eigenvalue weighted by atomic mass is 16.4. The molecule has 110 valence electrons. The number of aliphatic carboxylic acids is 1. The highest BCUT2D eigenvalue weighted by Gasteiger charge is 2.52. The Bertz CT molecular complexity index is 479. The quantitative estimate of drug-likeness (QED) is 0.472. The predicted molar refractivity (Wildman–Crippen MR) is 66.5 cm³/mol. The van der Waals surface area contributed by atoms with Crippen molar-refractivity contribution in [2.45, 2.75) is 43.7 Å². The summed E-state index contributed by atoms with van der Waals surface area (Å²) < 4.78 is 0. The van der Waals surface area contributed by atoms with Crippen LogP contribution in [0.1, 0.15) is 32.6 Å². The van der Waals surface area contributed by atoms with Crippen LogP contribution in [0.2, 0.25) is 0 Å². The minimum absolute atomic E-state index is 0.296. The van der Waals surface area contributed by atoms with Crippen molar-refractivity contribution in [3.8, 4) is 0 Å². The lowest BCUT2D eigenvalue weighted by molar-refractivity contribution is -0.143. The molecule has 4 N–H and O–H groups in total. The minimum Gasteiger partial charge on any atom is -0.480 e. The van der Waals surface area contributed by atoms with Gasteiger partial charge in [-0.2, -0.15) is 0 Å². The Labute approximate surface area is 115 Å². The van der Waals surface area contributed by atoms with Gasteiger partial charge in [0.1, 0.15) is 11.1 Å². The van der Waals surface area contributed by atoms with E-state index in [0.29, 0.717) is 25.7 Å². The molecule has 2 aliphatic rings. The van der Waals surface area contributed by atoms with E-state index >= 15 is 0 Å². The third-order valence-electron chi connectivity index (χ3n) is 3.55. The number of rotatable bonds is 6. The zero-order valence-electron chi connectivity index (χ0n) is 11.1. The molecule has 0 unspecified atom stereocenters. The van der Waals surface area contributed by atoms with E-state index in [1.54, 1.807) is 0 Å². The van der Waals surface area contributed by atoms with Gasteiger partial charge in [-0.3, -0.25) is 14.4 Å². The van der Waals surface area contributed by atoms with E-state index in [1.807, 2.05) is 0 Å². The van der Waals surface area contributed by atoms with Gasteiger partial charge in [0.2, 0.25) is 17.7 Å². The molecule has 8 nitrogen and oxygen atoms in total. The number of carbonyl (C=O) groups is 4. The van der Waals surface area contributed by atoms with Crippen LogP contribution in [-0.2, 0) is 19.2 Å². The van der Waals surface area contributed by atoms with Crippen molar-refractivity contribution in [3.05, 3.63) is 0 Å². The first-order chi connectivity index (χ1) is 9.30. The molecule has 2 saturated carbocycles. The Morgan fingerprint density at radius 3 is 1.95 bits per heavy atom. The third kappa shape index (κ3) is 2.89. The molecular formula is C12H17N3O5. The Morgan fingerprint density at radius 2 is 1.55 bits per heavy atom. The number of carboxylic acid groups (broad SMARTS) is 1. The minimum atomic E-state index is -1.16. The highest BCUT2D eigenvalue weighted by Crippen LogP contribution is 2.36. The van der Waals surface area contributed by atoms with Gasteiger partial charge in [-0.15, -0.1) is 0 Å². The maximum atomic E-state index is 11.9. The SMILES string of the molecule is CC(=O)NC1(C(=O)NCC(=O)NC2(C(=O)O)CC2)CC1. The molecule has 0 aliphatic heterocycles. The Hall–Kier alpha value is -2.12. The van der Waals surface area contributed by atoms with Crippen molar-refractivity contribution in [1.82, 2.24) is 16.0 Å². The van der Waals surface area contributed by atoms with Crippen LogP contribution < -0.4 is 16.0 Å². The summed E-state index contributed by atoms with van der Waals surface area (Å²) in [4.78, 5) is 45.3. The van der Waals surface area contributed by atoms with Gasteiger partial charge in [0.25, 0.3) is 0 Å². The molecule has 3 amide bonds. The van der Waals surface area contributed by atoms with Crippen molar-refractivity contribution in [2.75, 3.05) is 6.54 Å². The summed E-state index contributed by atoms with van der Waals surface area (Å²) >= 11 is 0. The Morgan fingerprint density at radius 1 is 1.00 bits per heavy atom. The first-order valence-corrected chi connectivity index (χ1v) is 6.41. The summed E-state index contributed by atoms with van der Waals surface area (Å²) in [5.41, 5.74) is -2.05. The van der Waals surface area contributed by atoms with Crippen molar-refractivity contribution in [2.24, 2.45) is 0 Å². The average molecular weight is 283 g/mol. The number of nitrogens with one attached hydrogen (secondary N) is 3. The van der Waals surface area contributed by atoms with E-state index < -0.39 is 28.9 Å². The van der Waals surface area contributed by atoms with Gasteiger partial charge in [-0.05, 0) is 25.7 Å². The van der Waals surface area contributed by atoms with Gasteiger partial charge in [-0.25, -0.2) is 4.79 Å². The largest absolute Gasteiger partial charge is 0.480 e. The summed E-state index contributed by atoms with van der Waals surface area (Å²) in [6.07, 6.45) is 1.88. The van der Waals surface area contributed by atoms with Gasteiger partial charge in [0.15, 0.2) is 0 Å². The van der Waals surface area contributed by atoms with Crippen molar-refractivity contribution in [1.29, 1.82) is 0 Å². The van der Waals surface area contributed by atoms with Crippen LogP contribution in [-0.4, -0.2) is 46.4 Å². The molecule has 20 heavy (non-hydrogen) atoms. The first-order valence-electron chi connectivity index (χ1n) is 6.41. The Balaban J connectivity index is 1.78. The number of hydrogen-bond donors (Lipinski definition) is 4. The molecule has 2 aliphatic carbocycles. The highest BCUT2D eigenvalue weighted by molar-refractivity contribution is 5.96. The second-order valence-corrected chi connectivity index (χ2v) is 5.38. The first kappa shape index (κ1) is 14.3. The molecule has 2 rings (SSSR count). The maximum Gasteiger partial charge on any atom is 0.329 e. The number of hydrogen-bond acceptors (Lipinski definition) is 4. The fourth-order valence-electron chi connectivity index (χ4n) is 2.03. The summed E-state index contributed by atoms with van der Waals surface area (Å²) in [5, 5.41) is 16.3. The van der Waals surface area contributed by atoms with Crippen LogP contribution >= 0.6 is 0 Å². The lowest BCUT2D eigenvalue weighted by atomic mass is 10.2. The van der Waals surface area contributed by atoms with Gasteiger partial charge in [0.05, 0.1) is 6.54 Å². The van der Waals surface area contributed by atoms with Crippen LogP contribution in [0.5, 0.6) is 0 Å². The molecule has 0 bridgehead atoms. The molecule has 0 aromatic carbocycles. The zero-order valence-corrected chi connectivity index (χ0v) is 11.1. The van der Waals surface area contributed by atoms with E-state index in [2.05, 4.69) is 16.0 Å². The summed E-state index contributed by atoms with van der Waals surface area (Å²) in [6, 6.07) is 0. The Kier molecular flexibility index (Phi) is 3.41. The number of carbonyl (C=O) groups excluding carboxylic acids is 3. The lowest BCUT2D eigenvalue weighted by Crippen LogP contribution is -2.52. The lowest BCUT2D eigenvalue weighted by Gasteiger charge is -2.17. The van der Waals surface area contributed by atoms with Crippen LogP contribution in [0.4, 0.5) is 0 Å². The van der Waals surface area contributed by atoms with E-state index in [9.17, 15) is 19.2 Å². The molecule has 0 spiro atoms.